The number of amides is 1. The molecule has 0 aromatic rings. The Morgan fingerprint density at radius 1 is 0.397 bits per heavy atom. The molecule has 0 saturated carbocycles. The predicted molar refractivity (Wildman–Crippen MR) is 258 cm³/mol. The third-order valence-electron chi connectivity index (χ3n) is 11.7. The molecule has 2 unspecified atom stereocenters. The molecule has 0 spiro atoms. The van der Waals surface area contributed by atoms with E-state index in [1.54, 1.807) is 6.08 Å². The van der Waals surface area contributed by atoms with E-state index in [1.807, 2.05) is 6.08 Å². The summed E-state index contributed by atoms with van der Waals surface area (Å²) in [5.41, 5.74) is 0. The first kappa shape index (κ1) is 56.4. The number of rotatable bonds is 47. The van der Waals surface area contributed by atoms with Crippen LogP contribution >= 0.6 is 0 Å². The fourth-order valence-electron chi connectivity index (χ4n) is 7.80. The van der Waals surface area contributed by atoms with Gasteiger partial charge in [-0.05, 0) is 64.2 Å². The standard InChI is InChI=1S/C54H101NO3/c1-3-5-7-9-11-13-15-16-17-18-19-20-21-22-23-24-25-26-27-28-29-30-31-32-33-34-35-36-37-38-40-42-44-46-48-50-54(58)55-52(51-56)53(57)49-47-45-43-41-39-14-12-10-8-6-4-2/h8,10,24-25,39,41,47,49,52-53,56-57H,3-7,9,11-23,26-38,40,42-46,48,50-51H2,1-2H3,(H,55,58)/b10-8+,25-24-,41-39+,49-47+. The molecule has 0 aromatic carbocycles. The number of unbranched alkanes of at least 4 members (excludes halogenated alkanes) is 34. The summed E-state index contributed by atoms with van der Waals surface area (Å²) in [6.07, 6.45) is 68.5. The first-order chi connectivity index (χ1) is 28.7. The van der Waals surface area contributed by atoms with Crippen LogP contribution in [-0.4, -0.2) is 34.9 Å². The van der Waals surface area contributed by atoms with E-state index in [0.29, 0.717) is 6.42 Å². The second-order valence-electron chi connectivity index (χ2n) is 17.6. The topological polar surface area (TPSA) is 69.6 Å². The molecule has 0 aliphatic carbocycles. The Balaban J connectivity index is 3.41. The molecule has 340 valence electrons. The van der Waals surface area contributed by atoms with Crippen LogP contribution in [0.2, 0.25) is 0 Å². The van der Waals surface area contributed by atoms with Crippen molar-refractivity contribution in [3.63, 3.8) is 0 Å². The number of carbonyl (C=O) groups excluding carboxylic acids is 1. The molecule has 0 heterocycles. The van der Waals surface area contributed by atoms with Gasteiger partial charge in [-0.25, -0.2) is 0 Å². The molecular weight excluding hydrogens is 711 g/mol. The van der Waals surface area contributed by atoms with Crippen molar-refractivity contribution in [1.29, 1.82) is 0 Å². The Bertz CT molecular complexity index is 923. The van der Waals surface area contributed by atoms with E-state index >= 15 is 0 Å². The minimum absolute atomic E-state index is 0.0777. The minimum Gasteiger partial charge on any atom is -0.394 e. The lowest BCUT2D eigenvalue weighted by Crippen LogP contribution is -2.45. The van der Waals surface area contributed by atoms with E-state index in [9.17, 15) is 15.0 Å². The van der Waals surface area contributed by atoms with Gasteiger partial charge in [0.15, 0.2) is 0 Å². The second-order valence-corrected chi connectivity index (χ2v) is 17.6. The molecule has 0 saturated heterocycles. The number of aliphatic hydroxyl groups is 2. The largest absolute Gasteiger partial charge is 0.394 e. The average molecular weight is 812 g/mol. The fourth-order valence-corrected chi connectivity index (χ4v) is 7.80. The third-order valence-corrected chi connectivity index (χ3v) is 11.7. The van der Waals surface area contributed by atoms with E-state index < -0.39 is 12.1 Å². The molecule has 0 aliphatic rings. The summed E-state index contributed by atoms with van der Waals surface area (Å²) in [6, 6.07) is -0.643. The maximum absolute atomic E-state index is 12.4. The van der Waals surface area contributed by atoms with Gasteiger partial charge in [0.25, 0.3) is 0 Å². The van der Waals surface area contributed by atoms with Gasteiger partial charge in [-0.3, -0.25) is 4.79 Å². The smallest absolute Gasteiger partial charge is 0.220 e. The van der Waals surface area contributed by atoms with E-state index in [0.717, 1.165) is 44.9 Å². The van der Waals surface area contributed by atoms with Crippen LogP contribution < -0.4 is 5.32 Å². The predicted octanol–water partition coefficient (Wildman–Crippen LogP) is 16.7. The van der Waals surface area contributed by atoms with Crippen molar-refractivity contribution in [3.05, 3.63) is 48.6 Å². The van der Waals surface area contributed by atoms with E-state index in [2.05, 4.69) is 55.6 Å². The zero-order valence-electron chi connectivity index (χ0n) is 39.1. The SMILES string of the molecule is CCC/C=C/CC/C=C/CC/C=C/C(O)C(CO)NC(=O)CCCCCCCCCCCCCCCCCCC/C=C\CCCCCCCCCCCCCCCC. The first-order valence-corrected chi connectivity index (χ1v) is 25.9. The highest BCUT2D eigenvalue weighted by molar-refractivity contribution is 5.76. The van der Waals surface area contributed by atoms with Gasteiger partial charge in [0, 0.05) is 6.42 Å². The third kappa shape index (κ3) is 45.4. The number of allylic oxidation sites excluding steroid dienone is 7. The molecule has 0 radical (unpaired) electrons. The van der Waals surface area contributed by atoms with Crippen LogP contribution in [0.5, 0.6) is 0 Å². The van der Waals surface area contributed by atoms with Crippen molar-refractivity contribution in [2.45, 2.75) is 283 Å². The van der Waals surface area contributed by atoms with Crippen LogP contribution in [0.4, 0.5) is 0 Å². The summed E-state index contributed by atoms with van der Waals surface area (Å²) < 4.78 is 0. The molecule has 0 aromatic heterocycles. The summed E-state index contributed by atoms with van der Waals surface area (Å²) >= 11 is 0. The highest BCUT2D eigenvalue weighted by Gasteiger charge is 2.17. The number of nitrogens with one attached hydrogen (secondary N) is 1. The Morgan fingerprint density at radius 3 is 1.07 bits per heavy atom. The Morgan fingerprint density at radius 2 is 0.707 bits per heavy atom. The van der Waals surface area contributed by atoms with Crippen molar-refractivity contribution >= 4 is 5.91 Å². The lowest BCUT2D eigenvalue weighted by molar-refractivity contribution is -0.123. The molecule has 0 bridgehead atoms. The highest BCUT2D eigenvalue weighted by atomic mass is 16.3. The Kier molecular flexibility index (Phi) is 48.3. The number of hydrogen-bond acceptors (Lipinski definition) is 3. The molecule has 0 aliphatic heterocycles. The molecule has 1 amide bonds. The zero-order chi connectivity index (χ0) is 42.1. The van der Waals surface area contributed by atoms with Gasteiger partial charge in [0.2, 0.25) is 5.91 Å². The molecule has 4 nitrogen and oxygen atoms in total. The Hall–Kier alpha value is -1.65. The summed E-state index contributed by atoms with van der Waals surface area (Å²) in [4.78, 5) is 12.4. The summed E-state index contributed by atoms with van der Waals surface area (Å²) in [5, 5.41) is 22.9. The second kappa shape index (κ2) is 49.7. The van der Waals surface area contributed by atoms with Crippen LogP contribution in [0.25, 0.3) is 0 Å². The van der Waals surface area contributed by atoms with Crippen molar-refractivity contribution in [3.8, 4) is 0 Å². The van der Waals surface area contributed by atoms with Gasteiger partial charge in [0.05, 0.1) is 18.8 Å². The zero-order valence-corrected chi connectivity index (χ0v) is 39.1. The van der Waals surface area contributed by atoms with Gasteiger partial charge < -0.3 is 15.5 Å². The lowest BCUT2D eigenvalue weighted by Gasteiger charge is -2.19. The van der Waals surface area contributed by atoms with E-state index in [4.69, 9.17) is 0 Å². The minimum atomic E-state index is -0.868. The van der Waals surface area contributed by atoms with Gasteiger partial charge >= 0.3 is 0 Å². The summed E-state index contributed by atoms with van der Waals surface area (Å²) in [7, 11) is 0. The first-order valence-electron chi connectivity index (χ1n) is 25.9. The van der Waals surface area contributed by atoms with Gasteiger partial charge in [-0.1, -0.05) is 249 Å². The molecular formula is C54H101NO3. The van der Waals surface area contributed by atoms with E-state index in [1.165, 1.54) is 205 Å². The molecule has 58 heavy (non-hydrogen) atoms. The molecule has 4 heteroatoms. The lowest BCUT2D eigenvalue weighted by atomic mass is 10.0. The van der Waals surface area contributed by atoms with Crippen molar-refractivity contribution in [2.75, 3.05) is 6.61 Å². The summed E-state index contributed by atoms with van der Waals surface area (Å²) in [6.45, 7) is 4.23. The average Bonchev–Trinajstić information content (AvgIpc) is 3.23. The Labute approximate surface area is 363 Å². The molecule has 0 fully saturated rings. The van der Waals surface area contributed by atoms with E-state index in [-0.39, 0.29) is 12.5 Å². The molecule has 2 atom stereocenters. The van der Waals surface area contributed by atoms with Gasteiger partial charge in [0.1, 0.15) is 0 Å². The molecule has 3 N–H and O–H groups in total. The quantitative estimate of drug-likeness (QED) is 0.0423. The van der Waals surface area contributed by atoms with Gasteiger partial charge in [-0.15, -0.1) is 0 Å². The van der Waals surface area contributed by atoms with Crippen LogP contribution in [0.15, 0.2) is 48.6 Å². The normalized spacial score (nSPS) is 13.2. The monoisotopic (exact) mass is 812 g/mol. The van der Waals surface area contributed by atoms with Crippen molar-refractivity contribution in [2.24, 2.45) is 0 Å². The maximum Gasteiger partial charge on any atom is 0.220 e. The number of carbonyl (C=O) groups is 1. The number of aliphatic hydroxyl groups excluding tert-OH is 2. The van der Waals surface area contributed by atoms with Crippen LogP contribution in [0, 0.1) is 0 Å². The maximum atomic E-state index is 12.4. The van der Waals surface area contributed by atoms with Crippen molar-refractivity contribution < 1.29 is 15.0 Å². The number of hydrogen-bond donors (Lipinski definition) is 3. The van der Waals surface area contributed by atoms with Crippen LogP contribution in [0.1, 0.15) is 271 Å². The van der Waals surface area contributed by atoms with Crippen LogP contribution in [-0.2, 0) is 4.79 Å². The summed E-state index contributed by atoms with van der Waals surface area (Å²) in [5.74, 6) is -0.0777. The highest BCUT2D eigenvalue weighted by Crippen LogP contribution is 2.16. The van der Waals surface area contributed by atoms with Gasteiger partial charge in [-0.2, -0.15) is 0 Å². The van der Waals surface area contributed by atoms with Crippen molar-refractivity contribution in [1.82, 2.24) is 5.32 Å². The fraction of sp³-hybridized carbons (Fsp3) is 0.833. The molecule has 0 rings (SSSR count). The van der Waals surface area contributed by atoms with Crippen LogP contribution in [0.3, 0.4) is 0 Å².